The second kappa shape index (κ2) is 3.35. The third-order valence-electron chi connectivity index (χ3n) is 2.14. The zero-order chi connectivity index (χ0) is 10.3. The average molecular weight is 246 g/mol. The average Bonchev–Trinajstić information content (AvgIpc) is 2.14. The van der Waals surface area contributed by atoms with Crippen molar-refractivity contribution in [1.29, 1.82) is 0 Å². The summed E-state index contributed by atoms with van der Waals surface area (Å²) < 4.78 is 0.819. The Morgan fingerprint density at radius 3 is 2.71 bits per heavy atom. The summed E-state index contributed by atoms with van der Waals surface area (Å²) in [7, 11) is 0. The summed E-state index contributed by atoms with van der Waals surface area (Å²) in [4.78, 5) is 4.22. The molecule has 1 aromatic heterocycles. The number of pyridine rings is 1. The maximum atomic E-state index is 5.75. The van der Waals surface area contributed by atoms with Gasteiger partial charge in [-0.05, 0) is 40.0 Å². The van der Waals surface area contributed by atoms with Gasteiger partial charge in [0.25, 0.3) is 0 Å². The van der Waals surface area contributed by atoms with Crippen molar-refractivity contribution < 1.29 is 0 Å². The molecule has 0 atom stereocenters. The van der Waals surface area contributed by atoms with Gasteiger partial charge in [-0.2, -0.15) is 0 Å². The molecule has 2 rings (SSSR count). The molecule has 2 aromatic rings. The van der Waals surface area contributed by atoms with E-state index in [0.717, 1.165) is 20.9 Å². The van der Waals surface area contributed by atoms with Gasteiger partial charge in [0.15, 0.2) is 0 Å². The van der Waals surface area contributed by atoms with Crippen LogP contribution in [-0.2, 0) is 0 Å². The van der Waals surface area contributed by atoms with Crippen molar-refractivity contribution in [3.63, 3.8) is 0 Å². The summed E-state index contributed by atoms with van der Waals surface area (Å²) in [5, 5.41) is 0.988. The number of hydrogen-bond acceptors (Lipinski definition) is 1. The largest absolute Gasteiger partial charge is 0.252 e. The van der Waals surface area contributed by atoms with Crippen molar-refractivity contribution in [3.05, 3.63) is 53.3 Å². The third-order valence-corrected chi connectivity index (χ3v) is 3.00. The molecular weight excluding hydrogens is 238 g/mol. The van der Waals surface area contributed by atoms with Gasteiger partial charge >= 0.3 is 0 Å². The minimum atomic E-state index is 0.370. The van der Waals surface area contributed by atoms with E-state index in [1.54, 1.807) is 0 Å². The lowest BCUT2D eigenvalue weighted by Crippen LogP contribution is -1.91. The smallest absolute Gasteiger partial charge is 0.0719 e. The molecule has 0 saturated carbocycles. The Kier molecular flexibility index (Phi) is 2.31. The van der Waals surface area contributed by atoms with Crippen LogP contribution in [-0.4, -0.2) is 4.98 Å². The minimum absolute atomic E-state index is 0.370. The van der Waals surface area contributed by atoms with Crippen LogP contribution in [0.4, 0.5) is 0 Å². The van der Waals surface area contributed by atoms with Crippen LogP contribution in [0.1, 0.15) is 16.8 Å². The quantitative estimate of drug-likeness (QED) is 0.694. The Morgan fingerprint density at radius 2 is 2.00 bits per heavy atom. The molecule has 4 radical (unpaired) electrons. The number of benzene rings is 1. The Hall–Kier alpha value is -0.890. The molecule has 14 heavy (non-hydrogen) atoms. The Morgan fingerprint density at radius 1 is 1.29 bits per heavy atom. The molecule has 1 nitrogen and oxygen atoms in total. The summed E-state index contributed by atoms with van der Waals surface area (Å²) in [6.07, 6.45) is 0. The fourth-order valence-electron chi connectivity index (χ4n) is 1.37. The van der Waals surface area contributed by atoms with E-state index in [9.17, 15) is 0 Å². The van der Waals surface area contributed by atoms with Gasteiger partial charge in [0.1, 0.15) is 0 Å². The van der Waals surface area contributed by atoms with Gasteiger partial charge in [-0.3, -0.25) is 4.98 Å². The van der Waals surface area contributed by atoms with Gasteiger partial charge in [-0.25, -0.2) is 0 Å². The summed E-state index contributed by atoms with van der Waals surface area (Å²) in [6, 6.07) is 5.98. The number of rotatable bonds is 0. The van der Waals surface area contributed by atoms with E-state index < -0.39 is 0 Å². The molecule has 0 saturated heterocycles. The van der Waals surface area contributed by atoms with Gasteiger partial charge in [-0.15, -0.1) is 0 Å². The summed E-state index contributed by atoms with van der Waals surface area (Å²) in [6.45, 7) is 13.4. The summed E-state index contributed by atoms with van der Waals surface area (Å²) >= 11 is 3.41. The van der Waals surface area contributed by atoms with E-state index >= 15 is 0 Å². The van der Waals surface area contributed by atoms with Crippen molar-refractivity contribution in [3.8, 4) is 0 Å². The van der Waals surface area contributed by atoms with E-state index in [1.807, 2.05) is 25.1 Å². The van der Waals surface area contributed by atoms with Crippen molar-refractivity contribution in [2.45, 2.75) is 6.92 Å². The second-order valence-corrected chi connectivity index (χ2v) is 4.04. The predicted octanol–water partition coefficient (Wildman–Crippen LogP) is 3.42. The molecule has 0 bridgehead atoms. The van der Waals surface area contributed by atoms with Crippen LogP contribution < -0.4 is 0 Å². The molecule has 0 aliphatic carbocycles. The molecule has 0 unspecified atom stereocenters. The minimum Gasteiger partial charge on any atom is -0.252 e. The first-order chi connectivity index (χ1) is 6.59. The highest BCUT2D eigenvalue weighted by Crippen LogP contribution is 2.28. The molecule has 1 aromatic carbocycles. The maximum Gasteiger partial charge on any atom is 0.0719 e. The number of hydrogen-bond donors (Lipinski definition) is 0. The van der Waals surface area contributed by atoms with Crippen LogP contribution >= 0.6 is 15.9 Å². The molecule has 0 amide bonds. The molecule has 0 fully saturated rings. The number of aromatic nitrogens is 1. The van der Waals surface area contributed by atoms with Crippen LogP contribution in [0.2, 0.25) is 0 Å². The Labute approximate surface area is 92.3 Å². The summed E-state index contributed by atoms with van der Waals surface area (Å²) in [5.74, 6) is 0. The zero-order valence-corrected chi connectivity index (χ0v) is 9.30. The molecule has 68 valence electrons. The molecule has 2 heteroatoms. The zero-order valence-electron chi connectivity index (χ0n) is 7.71. The number of nitrogens with zero attached hydrogens (tertiary/aromatic N) is 1. The topological polar surface area (TPSA) is 12.9 Å². The fourth-order valence-corrected chi connectivity index (χ4v) is 1.91. The first-order valence-electron chi connectivity index (χ1n) is 4.20. The number of aryl methyl sites for hydroxylation is 1. The van der Waals surface area contributed by atoms with Crippen LogP contribution in [0.3, 0.4) is 0 Å². The monoisotopic (exact) mass is 245 g/mol. The first kappa shape index (κ1) is 9.66. The van der Waals surface area contributed by atoms with Crippen molar-refractivity contribution in [1.82, 2.24) is 4.98 Å². The highest BCUT2D eigenvalue weighted by molar-refractivity contribution is 9.10. The lowest BCUT2D eigenvalue weighted by molar-refractivity contribution is 1.29. The van der Waals surface area contributed by atoms with E-state index in [0.29, 0.717) is 11.3 Å². The van der Waals surface area contributed by atoms with E-state index in [-0.39, 0.29) is 0 Å². The molecule has 0 N–H and O–H groups in total. The predicted molar refractivity (Wildman–Crippen MR) is 61.0 cm³/mol. The second-order valence-electron chi connectivity index (χ2n) is 3.25. The normalized spacial score (nSPS) is 10.9. The Bertz CT molecular complexity index is 503. The van der Waals surface area contributed by atoms with Crippen LogP contribution in [0, 0.1) is 20.8 Å². The number of fused-ring (bicyclic) bond motifs is 1. The molecular formula is C12H8BrN. The lowest BCUT2D eigenvalue weighted by Gasteiger charge is -2.07. The fraction of sp³-hybridized carbons (Fsp3) is 0.0833. The van der Waals surface area contributed by atoms with Gasteiger partial charge < -0.3 is 0 Å². The SMILES string of the molecule is [CH]c1nc2cc(C)ccc2c(Br)c1[CH]. The van der Waals surface area contributed by atoms with Crippen molar-refractivity contribution >= 4 is 26.8 Å². The van der Waals surface area contributed by atoms with Crippen LogP contribution in [0.15, 0.2) is 22.7 Å². The highest BCUT2D eigenvalue weighted by Gasteiger charge is 2.06. The van der Waals surface area contributed by atoms with Crippen molar-refractivity contribution in [2.24, 2.45) is 0 Å². The first-order valence-corrected chi connectivity index (χ1v) is 4.99. The van der Waals surface area contributed by atoms with Gasteiger partial charge in [0, 0.05) is 23.7 Å². The van der Waals surface area contributed by atoms with Crippen LogP contribution in [0.25, 0.3) is 10.9 Å². The van der Waals surface area contributed by atoms with Gasteiger partial charge in [-0.1, -0.05) is 12.1 Å². The third kappa shape index (κ3) is 1.44. The number of halogens is 1. The van der Waals surface area contributed by atoms with E-state index in [4.69, 9.17) is 13.8 Å². The molecule has 0 aliphatic heterocycles. The maximum absolute atomic E-state index is 5.75. The lowest BCUT2D eigenvalue weighted by atomic mass is 10.1. The molecule has 1 heterocycles. The van der Waals surface area contributed by atoms with Gasteiger partial charge in [0.2, 0.25) is 0 Å². The van der Waals surface area contributed by atoms with E-state index in [1.165, 1.54) is 0 Å². The Balaban J connectivity index is 2.91. The van der Waals surface area contributed by atoms with Crippen LogP contribution in [0.5, 0.6) is 0 Å². The molecule has 0 aliphatic rings. The standard InChI is InChI=1S/C12H8BrN/c1-7-4-5-10-11(6-7)14-9(3)8(2)12(10)13/h2-6H,1H3. The van der Waals surface area contributed by atoms with Crippen molar-refractivity contribution in [2.75, 3.05) is 0 Å². The molecule has 0 spiro atoms. The summed E-state index contributed by atoms with van der Waals surface area (Å²) in [5.41, 5.74) is 2.89. The highest BCUT2D eigenvalue weighted by atomic mass is 79.9. The van der Waals surface area contributed by atoms with E-state index in [2.05, 4.69) is 20.9 Å². The van der Waals surface area contributed by atoms with Gasteiger partial charge in [0.05, 0.1) is 11.2 Å².